The van der Waals surface area contributed by atoms with Crippen LogP contribution < -0.4 is 10.1 Å². The lowest BCUT2D eigenvalue weighted by atomic mass is 10.1. The lowest BCUT2D eigenvalue weighted by Crippen LogP contribution is -2.31. The number of hydrogen-bond acceptors (Lipinski definition) is 2. The van der Waals surface area contributed by atoms with E-state index in [1.165, 1.54) is 0 Å². The van der Waals surface area contributed by atoms with Gasteiger partial charge in [0.25, 0.3) is 5.91 Å². The zero-order chi connectivity index (χ0) is 16.1. The number of halogens is 2. The average molecular weight is 383 g/mol. The van der Waals surface area contributed by atoms with Gasteiger partial charge >= 0.3 is 0 Å². The van der Waals surface area contributed by atoms with Crippen LogP contribution in [-0.4, -0.2) is 12.5 Å². The summed E-state index contributed by atoms with van der Waals surface area (Å²) in [7, 11) is 0. The molecule has 2 aromatic carbocycles. The molecule has 1 atom stereocenters. The summed E-state index contributed by atoms with van der Waals surface area (Å²) in [6, 6.07) is 13.2. The van der Waals surface area contributed by atoms with Crippen molar-refractivity contribution in [2.45, 2.75) is 19.9 Å². The zero-order valence-electron chi connectivity index (χ0n) is 12.4. The summed E-state index contributed by atoms with van der Waals surface area (Å²) in [5.41, 5.74) is 2.06. The molecule has 2 rings (SSSR count). The van der Waals surface area contributed by atoms with Crippen molar-refractivity contribution in [3.05, 3.63) is 63.1 Å². The van der Waals surface area contributed by atoms with Crippen molar-refractivity contribution < 1.29 is 9.53 Å². The number of hydrogen-bond donors (Lipinski definition) is 1. The molecule has 0 fully saturated rings. The minimum absolute atomic E-state index is 0.0654. The van der Waals surface area contributed by atoms with Crippen LogP contribution in [0.2, 0.25) is 5.02 Å². The van der Waals surface area contributed by atoms with Crippen LogP contribution in [-0.2, 0) is 4.79 Å². The average Bonchev–Trinajstić information content (AvgIpc) is 2.49. The van der Waals surface area contributed by atoms with Crippen LogP contribution in [0.1, 0.15) is 24.1 Å². The maximum absolute atomic E-state index is 12.0. The third-order valence-electron chi connectivity index (χ3n) is 3.19. The fourth-order valence-electron chi connectivity index (χ4n) is 1.98. The molecule has 1 N–H and O–H groups in total. The van der Waals surface area contributed by atoms with Gasteiger partial charge < -0.3 is 10.1 Å². The Morgan fingerprint density at radius 1 is 1.27 bits per heavy atom. The topological polar surface area (TPSA) is 38.3 Å². The van der Waals surface area contributed by atoms with E-state index in [1.807, 2.05) is 50.2 Å². The Morgan fingerprint density at radius 3 is 2.64 bits per heavy atom. The lowest BCUT2D eigenvalue weighted by Gasteiger charge is -2.15. The Labute approximate surface area is 143 Å². The predicted octanol–water partition coefficient (Wildman–Crippen LogP) is 4.67. The van der Waals surface area contributed by atoms with Crippen LogP contribution in [0.4, 0.5) is 0 Å². The number of aryl methyl sites for hydroxylation is 1. The van der Waals surface area contributed by atoms with Crippen LogP contribution in [0.5, 0.6) is 5.75 Å². The summed E-state index contributed by atoms with van der Waals surface area (Å²) in [6.07, 6.45) is 0. The summed E-state index contributed by atoms with van der Waals surface area (Å²) < 4.78 is 6.49. The van der Waals surface area contributed by atoms with Gasteiger partial charge in [0.15, 0.2) is 6.61 Å². The Bertz CT molecular complexity index is 658. The summed E-state index contributed by atoms with van der Waals surface area (Å²) in [6.45, 7) is 3.81. The molecule has 0 unspecified atom stereocenters. The zero-order valence-corrected chi connectivity index (χ0v) is 14.7. The maximum atomic E-state index is 12.0. The number of carbonyl (C=O) groups is 1. The van der Waals surface area contributed by atoms with Gasteiger partial charge in [-0.1, -0.05) is 45.7 Å². The molecule has 22 heavy (non-hydrogen) atoms. The molecule has 0 saturated heterocycles. The fourth-order valence-corrected chi connectivity index (χ4v) is 2.42. The monoisotopic (exact) mass is 381 g/mol. The van der Waals surface area contributed by atoms with Crippen molar-refractivity contribution in [2.24, 2.45) is 0 Å². The summed E-state index contributed by atoms with van der Waals surface area (Å²) in [5.74, 6) is 0.334. The fraction of sp³-hybridized carbons (Fsp3) is 0.235. The molecule has 0 heterocycles. The normalized spacial score (nSPS) is 11.8. The quantitative estimate of drug-likeness (QED) is 0.816. The minimum atomic E-state index is -0.187. The van der Waals surface area contributed by atoms with E-state index in [2.05, 4.69) is 21.2 Å². The molecule has 1 amide bonds. The Morgan fingerprint density at radius 2 is 1.95 bits per heavy atom. The van der Waals surface area contributed by atoms with E-state index in [0.29, 0.717) is 10.8 Å². The molecular formula is C17H17BrClNO2. The number of benzene rings is 2. The number of rotatable bonds is 5. The van der Waals surface area contributed by atoms with Gasteiger partial charge in [-0.3, -0.25) is 4.79 Å². The first-order chi connectivity index (χ1) is 10.5. The molecule has 0 aliphatic heterocycles. The van der Waals surface area contributed by atoms with Crippen molar-refractivity contribution in [1.82, 2.24) is 5.32 Å². The summed E-state index contributed by atoms with van der Waals surface area (Å²) in [5, 5.41) is 3.40. The number of carbonyl (C=O) groups excluding carboxylic acids is 1. The first kappa shape index (κ1) is 16.8. The first-order valence-electron chi connectivity index (χ1n) is 6.89. The van der Waals surface area contributed by atoms with Crippen LogP contribution >= 0.6 is 27.5 Å². The predicted molar refractivity (Wildman–Crippen MR) is 92.4 cm³/mol. The number of ether oxygens (including phenoxy) is 1. The lowest BCUT2D eigenvalue weighted by molar-refractivity contribution is -0.123. The summed E-state index contributed by atoms with van der Waals surface area (Å²) >= 11 is 9.42. The number of nitrogens with one attached hydrogen (secondary N) is 1. The van der Waals surface area contributed by atoms with Gasteiger partial charge in [-0.05, 0) is 49.2 Å². The van der Waals surface area contributed by atoms with Crippen LogP contribution in [0.3, 0.4) is 0 Å². The Kier molecular flexibility index (Phi) is 5.86. The van der Waals surface area contributed by atoms with E-state index in [9.17, 15) is 4.79 Å². The molecule has 5 heteroatoms. The Balaban J connectivity index is 1.90. The minimum Gasteiger partial charge on any atom is -0.482 e. The molecule has 0 bridgehead atoms. The van der Waals surface area contributed by atoms with E-state index in [4.69, 9.17) is 16.3 Å². The maximum Gasteiger partial charge on any atom is 0.258 e. The van der Waals surface area contributed by atoms with Crippen LogP contribution in [0.25, 0.3) is 0 Å². The number of amides is 1. The second kappa shape index (κ2) is 7.65. The van der Waals surface area contributed by atoms with Crippen molar-refractivity contribution in [1.29, 1.82) is 0 Å². The molecule has 3 nitrogen and oxygen atoms in total. The molecule has 0 aliphatic carbocycles. The van der Waals surface area contributed by atoms with Crippen molar-refractivity contribution in [3.63, 3.8) is 0 Å². The molecule has 0 saturated carbocycles. The van der Waals surface area contributed by atoms with Crippen molar-refractivity contribution in [2.75, 3.05) is 6.61 Å². The second-order valence-electron chi connectivity index (χ2n) is 5.06. The van der Waals surface area contributed by atoms with Crippen molar-refractivity contribution >= 4 is 33.4 Å². The van der Waals surface area contributed by atoms with Gasteiger partial charge in [-0.15, -0.1) is 0 Å². The molecular weight excluding hydrogens is 366 g/mol. The third-order valence-corrected chi connectivity index (χ3v) is 4.03. The highest BCUT2D eigenvalue weighted by Gasteiger charge is 2.11. The molecule has 2 aromatic rings. The van der Waals surface area contributed by atoms with E-state index >= 15 is 0 Å². The van der Waals surface area contributed by atoms with E-state index < -0.39 is 0 Å². The van der Waals surface area contributed by atoms with Gasteiger partial charge in [0, 0.05) is 4.47 Å². The van der Waals surface area contributed by atoms with Gasteiger partial charge in [0.1, 0.15) is 5.75 Å². The van der Waals surface area contributed by atoms with Gasteiger partial charge in [-0.2, -0.15) is 0 Å². The van der Waals surface area contributed by atoms with Gasteiger partial charge in [0.2, 0.25) is 0 Å². The SMILES string of the molecule is Cc1ccc(Cl)c(OCC(=O)N[C@H](C)c2ccc(Br)cc2)c1. The van der Waals surface area contributed by atoms with E-state index in [1.54, 1.807) is 6.07 Å². The Hall–Kier alpha value is -1.52. The second-order valence-corrected chi connectivity index (χ2v) is 6.39. The van der Waals surface area contributed by atoms with Crippen LogP contribution in [0.15, 0.2) is 46.9 Å². The molecule has 0 spiro atoms. The largest absolute Gasteiger partial charge is 0.482 e. The molecule has 0 aromatic heterocycles. The van der Waals surface area contributed by atoms with E-state index in [0.717, 1.165) is 15.6 Å². The summed E-state index contributed by atoms with van der Waals surface area (Å²) in [4.78, 5) is 12.0. The highest BCUT2D eigenvalue weighted by atomic mass is 79.9. The smallest absolute Gasteiger partial charge is 0.258 e. The molecule has 0 aliphatic rings. The highest BCUT2D eigenvalue weighted by Crippen LogP contribution is 2.25. The van der Waals surface area contributed by atoms with Gasteiger partial charge in [-0.25, -0.2) is 0 Å². The standard InChI is InChI=1S/C17H17BrClNO2/c1-11-3-8-15(19)16(9-11)22-10-17(21)20-12(2)13-4-6-14(18)7-5-13/h3-9,12H,10H2,1-2H3,(H,20,21)/t12-/m1/s1. The molecule has 116 valence electrons. The van der Waals surface area contributed by atoms with Gasteiger partial charge in [0.05, 0.1) is 11.1 Å². The third kappa shape index (κ3) is 4.75. The first-order valence-corrected chi connectivity index (χ1v) is 8.06. The van der Waals surface area contributed by atoms with Crippen molar-refractivity contribution in [3.8, 4) is 5.75 Å². The van der Waals surface area contributed by atoms with E-state index in [-0.39, 0.29) is 18.6 Å². The molecule has 0 radical (unpaired) electrons. The highest BCUT2D eigenvalue weighted by molar-refractivity contribution is 9.10. The van der Waals surface area contributed by atoms with Crippen LogP contribution in [0, 0.1) is 6.92 Å².